The van der Waals surface area contributed by atoms with Gasteiger partial charge in [0, 0.05) is 24.0 Å². The summed E-state index contributed by atoms with van der Waals surface area (Å²) >= 11 is 0. The third-order valence-corrected chi connectivity index (χ3v) is 3.56. The van der Waals surface area contributed by atoms with Crippen LogP contribution in [0.1, 0.15) is 29.6 Å². The Morgan fingerprint density at radius 3 is 3.06 bits per heavy atom. The van der Waals surface area contributed by atoms with Crippen LogP contribution in [0.5, 0.6) is 0 Å². The van der Waals surface area contributed by atoms with Crippen LogP contribution in [0.2, 0.25) is 0 Å². The van der Waals surface area contributed by atoms with Crippen molar-refractivity contribution in [2.75, 3.05) is 6.61 Å². The van der Waals surface area contributed by atoms with E-state index in [4.69, 9.17) is 4.74 Å². The average Bonchev–Trinajstić information content (AvgIpc) is 2.28. The Kier molecular flexibility index (Phi) is 2.45. The Balaban J connectivity index is 2.21. The first-order valence-electron chi connectivity index (χ1n) is 5.87. The van der Waals surface area contributed by atoms with Crippen molar-refractivity contribution in [2.45, 2.75) is 19.2 Å². The summed E-state index contributed by atoms with van der Waals surface area (Å²) in [5.41, 5.74) is 2.90. The van der Waals surface area contributed by atoms with Crippen molar-refractivity contribution in [1.29, 1.82) is 0 Å². The maximum absolute atomic E-state index is 9.51. The summed E-state index contributed by atoms with van der Waals surface area (Å²) in [6, 6.07) is 1.98. The van der Waals surface area contributed by atoms with Crippen LogP contribution in [-0.2, 0) is 11.2 Å². The molecule has 0 aromatic carbocycles. The van der Waals surface area contributed by atoms with Crippen LogP contribution in [0.4, 0.5) is 0 Å². The number of aromatic nitrogens is 1. The molecule has 0 bridgehead atoms. The Morgan fingerprint density at radius 2 is 2.29 bits per heavy atom. The first kappa shape index (κ1) is 10.8. The van der Waals surface area contributed by atoms with Gasteiger partial charge >= 0.3 is 7.12 Å². The number of hydrogen-bond donors (Lipinski definition) is 2. The normalized spacial score (nSPS) is 25.7. The molecule has 2 atom stereocenters. The van der Waals surface area contributed by atoms with Crippen molar-refractivity contribution in [3.63, 3.8) is 0 Å². The van der Waals surface area contributed by atoms with Gasteiger partial charge in [-0.1, -0.05) is 6.92 Å². The fraction of sp³-hybridized carbons (Fsp3) is 0.417. The van der Waals surface area contributed by atoms with E-state index in [2.05, 4.69) is 4.98 Å². The number of allylic oxidation sites excluding steroid dienone is 1. The van der Waals surface area contributed by atoms with Crippen LogP contribution in [0.15, 0.2) is 18.3 Å². The third kappa shape index (κ3) is 1.58. The predicted molar refractivity (Wildman–Crippen MR) is 64.0 cm³/mol. The molecular formula is C12H14BNO3. The van der Waals surface area contributed by atoms with Gasteiger partial charge in [-0.3, -0.25) is 4.98 Å². The molecule has 0 radical (unpaired) electrons. The third-order valence-electron chi connectivity index (χ3n) is 3.56. The van der Waals surface area contributed by atoms with E-state index in [0.29, 0.717) is 6.61 Å². The van der Waals surface area contributed by atoms with Gasteiger partial charge < -0.3 is 14.8 Å². The summed E-state index contributed by atoms with van der Waals surface area (Å²) in [7, 11) is -1.39. The monoisotopic (exact) mass is 231 g/mol. The first-order valence-corrected chi connectivity index (χ1v) is 5.87. The second kappa shape index (κ2) is 3.86. The predicted octanol–water partition coefficient (Wildman–Crippen LogP) is 0.740. The summed E-state index contributed by atoms with van der Waals surface area (Å²) in [6.07, 6.45) is 4.56. The molecule has 0 saturated carbocycles. The van der Waals surface area contributed by atoms with Crippen LogP contribution in [-0.4, -0.2) is 28.8 Å². The molecule has 1 aromatic rings. The smallest absolute Gasteiger partial charge is 0.461 e. The van der Waals surface area contributed by atoms with Gasteiger partial charge in [-0.15, -0.1) is 0 Å². The molecule has 0 spiro atoms. The molecule has 2 aliphatic rings. The van der Waals surface area contributed by atoms with Crippen molar-refractivity contribution >= 4 is 12.9 Å². The fourth-order valence-electron chi connectivity index (χ4n) is 2.74. The molecular weight excluding hydrogens is 217 g/mol. The van der Waals surface area contributed by atoms with Gasteiger partial charge in [0.25, 0.3) is 0 Å². The minimum atomic E-state index is -1.39. The molecule has 1 aliphatic carbocycles. The van der Waals surface area contributed by atoms with E-state index in [1.165, 1.54) is 5.56 Å². The summed E-state index contributed by atoms with van der Waals surface area (Å²) in [5, 5.41) is 19.0. The van der Waals surface area contributed by atoms with Gasteiger partial charge in [0.15, 0.2) is 0 Å². The molecule has 2 heterocycles. The van der Waals surface area contributed by atoms with Gasteiger partial charge in [-0.05, 0) is 23.6 Å². The van der Waals surface area contributed by atoms with Crippen LogP contribution in [0.3, 0.4) is 0 Å². The van der Waals surface area contributed by atoms with Crippen molar-refractivity contribution in [2.24, 2.45) is 5.92 Å². The summed E-state index contributed by atoms with van der Waals surface area (Å²) < 4.78 is 5.64. The van der Waals surface area contributed by atoms with Crippen molar-refractivity contribution in [3.05, 3.63) is 35.2 Å². The second-order valence-corrected chi connectivity index (χ2v) is 4.66. The highest BCUT2D eigenvalue weighted by molar-refractivity contribution is 6.43. The zero-order valence-corrected chi connectivity index (χ0v) is 9.63. The number of ether oxygens (including phenoxy) is 1. The molecule has 2 unspecified atom stereocenters. The van der Waals surface area contributed by atoms with E-state index in [1.807, 2.05) is 19.1 Å². The van der Waals surface area contributed by atoms with Gasteiger partial charge in [0.05, 0.1) is 12.3 Å². The lowest BCUT2D eigenvalue weighted by Gasteiger charge is -2.32. The van der Waals surface area contributed by atoms with E-state index >= 15 is 0 Å². The quantitative estimate of drug-likeness (QED) is 0.699. The summed E-state index contributed by atoms with van der Waals surface area (Å²) in [4.78, 5) is 4.32. The molecule has 5 heteroatoms. The molecule has 3 rings (SSSR count). The summed E-state index contributed by atoms with van der Waals surface area (Å²) in [6.45, 7) is 2.63. The summed E-state index contributed by atoms with van der Waals surface area (Å²) in [5.74, 6) is 0.493. The molecule has 1 aliphatic heterocycles. The van der Waals surface area contributed by atoms with Gasteiger partial charge in [-0.2, -0.15) is 0 Å². The fourth-order valence-corrected chi connectivity index (χ4v) is 2.74. The molecule has 88 valence electrons. The van der Waals surface area contributed by atoms with E-state index in [9.17, 15) is 10.0 Å². The lowest BCUT2D eigenvalue weighted by atomic mass is 9.61. The first-order chi connectivity index (χ1) is 8.18. The van der Waals surface area contributed by atoms with Crippen molar-refractivity contribution < 1.29 is 14.8 Å². The van der Waals surface area contributed by atoms with Crippen LogP contribution >= 0.6 is 0 Å². The topological polar surface area (TPSA) is 62.6 Å². The van der Waals surface area contributed by atoms with Crippen molar-refractivity contribution in [1.82, 2.24) is 4.98 Å². The number of nitrogens with zero attached hydrogens (tertiary/aromatic N) is 1. The van der Waals surface area contributed by atoms with E-state index in [1.54, 1.807) is 6.20 Å². The molecule has 2 N–H and O–H groups in total. The lowest BCUT2D eigenvalue weighted by molar-refractivity contribution is 0.262. The Morgan fingerprint density at radius 1 is 1.47 bits per heavy atom. The van der Waals surface area contributed by atoms with E-state index in [0.717, 1.165) is 23.4 Å². The SMILES string of the molecule is CC1C=C2OCCc3ccnc(c32)C1B(O)O. The molecule has 0 amide bonds. The molecule has 0 saturated heterocycles. The highest BCUT2D eigenvalue weighted by atomic mass is 16.5. The zero-order chi connectivity index (χ0) is 12.0. The Labute approximate surface area is 100 Å². The molecule has 0 fully saturated rings. The highest BCUT2D eigenvalue weighted by Gasteiger charge is 2.38. The number of rotatable bonds is 1. The number of pyridine rings is 1. The minimum Gasteiger partial charge on any atom is -0.493 e. The molecule has 1 aromatic heterocycles. The highest BCUT2D eigenvalue weighted by Crippen LogP contribution is 2.41. The zero-order valence-electron chi connectivity index (χ0n) is 9.63. The molecule has 17 heavy (non-hydrogen) atoms. The minimum absolute atomic E-state index is 0.0124. The van der Waals surface area contributed by atoms with Gasteiger partial charge in [0.2, 0.25) is 0 Å². The van der Waals surface area contributed by atoms with Crippen molar-refractivity contribution in [3.8, 4) is 0 Å². The van der Waals surface area contributed by atoms with Crippen LogP contribution in [0.25, 0.3) is 5.76 Å². The standard InChI is InChI=1S/C12H14BNO3/c1-7-6-9-10-8(3-5-17-9)2-4-14-12(10)11(7)13(15)16/h2,4,6-7,11,15-16H,3,5H2,1H3. The van der Waals surface area contributed by atoms with E-state index < -0.39 is 7.12 Å². The Bertz CT molecular complexity index is 487. The average molecular weight is 231 g/mol. The lowest BCUT2D eigenvalue weighted by Crippen LogP contribution is -2.33. The van der Waals surface area contributed by atoms with E-state index in [-0.39, 0.29) is 11.7 Å². The number of hydrogen-bond acceptors (Lipinski definition) is 4. The van der Waals surface area contributed by atoms with Gasteiger partial charge in [-0.25, -0.2) is 0 Å². The second-order valence-electron chi connectivity index (χ2n) is 4.66. The maximum Gasteiger partial charge on any atom is 0.461 e. The van der Waals surface area contributed by atoms with Crippen LogP contribution in [0, 0.1) is 5.92 Å². The molecule has 4 nitrogen and oxygen atoms in total. The van der Waals surface area contributed by atoms with Gasteiger partial charge in [0.1, 0.15) is 5.76 Å². The van der Waals surface area contributed by atoms with Crippen LogP contribution < -0.4 is 0 Å². The Hall–Kier alpha value is -1.33. The largest absolute Gasteiger partial charge is 0.493 e. The maximum atomic E-state index is 9.51.